The number of nitrogens with one attached hydrogen (secondary N) is 1. The molecule has 8 heteroatoms. The van der Waals surface area contributed by atoms with Crippen molar-refractivity contribution in [3.05, 3.63) is 48.0 Å². The summed E-state index contributed by atoms with van der Waals surface area (Å²) >= 11 is 0. The smallest absolute Gasteiger partial charge is 0.344 e. The number of amides is 1. The number of rotatable bonds is 7. The summed E-state index contributed by atoms with van der Waals surface area (Å²) in [5.74, 6) is 0.158. The van der Waals surface area contributed by atoms with E-state index in [4.69, 9.17) is 18.9 Å². The number of benzene rings is 2. The molecule has 0 radical (unpaired) electrons. The van der Waals surface area contributed by atoms with E-state index >= 15 is 0 Å². The second-order valence-corrected chi connectivity index (χ2v) is 5.22. The number of ether oxygens (including phenoxy) is 4. The van der Waals surface area contributed by atoms with Gasteiger partial charge in [-0.05, 0) is 24.3 Å². The summed E-state index contributed by atoms with van der Waals surface area (Å²) in [6.07, 6.45) is 0.624. The molecule has 134 valence electrons. The van der Waals surface area contributed by atoms with E-state index in [1.54, 1.807) is 42.5 Å². The van der Waals surface area contributed by atoms with Crippen molar-refractivity contribution >= 4 is 23.9 Å². The average molecular weight is 357 g/mol. The fourth-order valence-corrected chi connectivity index (χ4v) is 2.21. The Labute approximate surface area is 148 Å². The number of aldehydes is 1. The van der Waals surface area contributed by atoms with Crippen LogP contribution in [0.15, 0.2) is 42.5 Å². The maximum Gasteiger partial charge on any atom is 0.344 e. The van der Waals surface area contributed by atoms with Crippen molar-refractivity contribution in [2.75, 3.05) is 25.3 Å². The van der Waals surface area contributed by atoms with E-state index in [1.807, 2.05) is 0 Å². The minimum Gasteiger partial charge on any atom is -0.481 e. The largest absolute Gasteiger partial charge is 0.481 e. The van der Waals surface area contributed by atoms with Crippen molar-refractivity contribution in [1.82, 2.24) is 0 Å². The summed E-state index contributed by atoms with van der Waals surface area (Å²) < 4.78 is 20.5. The Morgan fingerprint density at radius 1 is 1.08 bits per heavy atom. The Kier molecular flexibility index (Phi) is 5.33. The predicted octanol–water partition coefficient (Wildman–Crippen LogP) is 1.79. The van der Waals surface area contributed by atoms with Gasteiger partial charge in [-0.25, -0.2) is 4.79 Å². The first kappa shape index (κ1) is 17.3. The van der Waals surface area contributed by atoms with Crippen LogP contribution in [0.1, 0.15) is 10.4 Å². The Morgan fingerprint density at radius 3 is 2.73 bits per heavy atom. The molecule has 2 aromatic carbocycles. The first-order chi connectivity index (χ1) is 12.7. The zero-order valence-corrected chi connectivity index (χ0v) is 13.6. The lowest BCUT2D eigenvalue weighted by atomic mass is 10.2. The van der Waals surface area contributed by atoms with Crippen LogP contribution in [0.5, 0.6) is 17.2 Å². The summed E-state index contributed by atoms with van der Waals surface area (Å²) in [7, 11) is 0. The fourth-order valence-electron chi connectivity index (χ4n) is 2.21. The van der Waals surface area contributed by atoms with Crippen LogP contribution in [0.2, 0.25) is 0 Å². The molecule has 1 aliphatic rings. The molecule has 2 aromatic rings. The van der Waals surface area contributed by atoms with E-state index in [-0.39, 0.29) is 12.5 Å². The summed E-state index contributed by atoms with van der Waals surface area (Å²) in [6, 6.07) is 11.4. The van der Waals surface area contributed by atoms with Crippen molar-refractivity contribution in [2.24, 2.45) is 0 Å². The lowest BCUT2D eigenvalue weighted by molar-refractivity contribution is -0.149. The van der Waals surface area contributed by atoms with Crippen LogP contribution in [0.4, 0.5) is 5.69 Å². The molecule has 1 aliphatic heterocycles. The van der Waals surface area contributed by atoms with Gasteiger partial charge in [-0.1, -0.05) is 12.1 Å². The van der Waals surface area contributed by atoms with E-state index in [0.717, 1.165) is 0 Å². The first-order valence-corrected chi connectivity index (χ1v) is 7.68. The molecule has 1 heterocycles. The third kappa shape index (κ3) is 4.29. The first-order valence-electron chi connectivity index (χ1n) is 7.68. The summed E-state index contributed by atoms with van der Waals surface area (Å²) in [5, 5.41) is 2.58. The van der Waals surface area contributed by atoms with E-state index in [0.29, 0.717) is 29.0 Å². The van der Waals surface area contributed by atoms with Crippen molar-refractivity contribution in [3.8, 4) is 17.2 Å². The molecule has 26 heavy (non-hydrogen) atoms. The highest BCUT2D eigenvalue weighted by Crippen LogP contribution is 2.34. The van der Waals surface area contributed by atoms with Crippen LogP contribution in [-0.2, 0) is 14.3 Å². The summed E-state index contributed by atoms with van der Waals surface area (Å²) in [4.78, 5) is 34.4. The molecular formula is C18H15NO7. The van der Waals surface area contributed by atoms with E-state index in [1.165, 1.54) is 0 Å². The van der Waals surface area contributed by atoms with Gasteiger partial charge in [0, 0.05) is 11.8 Å². The summed E-state index contributed by atoms with van der Waals surface area (Å²) in [5.41, 5.74) is 0.812. The third-order valence-corrected chi connectivity index (χ3v) is 3.41. The van der Waals surface area contributed by atoms with E-state index in [2.05, 4.69) is 5.32 Å². The van der Waals surface area contributed by atoms with E-state index in [9.17, 15) is 14.4 Å². The van der Waals surface area contributed by atoms with Gasteiger partial charge in [0.05, 0.1) is 5.56 Å². The van der Waals surface area contributed by atoms with Crippen LogP contribution in [0.25, 0.3) is 0 Å². The fraction of sp³-hybridized carbons (Fsp3) is 0.167. The quantitative estimate of drug-likeness (QED) is 0.595. The molecule has 8 nitrogen and oxygen atoms in total. The molecule has 0 saturated carbocycles. The summed E-state index contributed by atoms with van der Waals surface area (Å²) in [6.45, 7) is -0.744. The molecule has 1 amide bonds. The number of esters is 1. The standard InChI is InChI=1S/C18H15NO7/c20-8-12-3-1-2-4-14(12)23-10-18(22)24-9-17(21)19-13-5-6-15-16(7-13)26-11-25-15/h1-8H,9-11H2,(H,19,21). The Balaban J connectivity index is 1.44. The van der Waals surface area contributed by atoms with Gasteiger partial charge in [0.1, 0.15) is 5.75 Å². The normalized spacial score (nSPS) is 11.5. The van der Waals surface area contributed by atoms with Crippen LogP contribution in [0, 0.1) is 0 Å². The Hall–Kier alpha value is -3.55. The number of carbonyl (C=O) groups is 3. The molecule has 1 N–H and O–H groups in total. The van der Waals surface area contributed by atoms with Crippen molar-refractivity contribution in [2.45, 2.75) is 0 Å². The topological polar surface area (TPSA) is 100 Å². The highest BCUT2D eigenvalue weighted by Gasteiger charge is 2.15. The van der Waals surface area contributed by atoms with Gasteiger partial charge in [0.2, 0.25) is 6.79 Å². The number of para-hydroxylation sites is 1. The number of hydrogen-bond acceptors (Lipinski definition) is 7. The van der Waals surface area contributed by atoms with Gasteiger partial charge in [-0.3, -0.25) is 9.59 Å². The maximum absolute atomic E-state index is 11.8. The van der Waals surface area contributed by atoms with Crippen LogP contribution >= 0.6 is 0 Å². The average Bonchev–Trinajstić information content (AvgIpc) is 3.12. The second kappa shape index (κ2) is 8.02. The van der Waals surface area contributed by atoms with Crippen LogP contribution in [0.3, 0.4) is 0 Å². The van der Waals surface area contributed by atoms with Gasteiger partial charge in [-0.15, -0.1) is 0 Å². The maximum atomic E-state index is 11.8. The minimum absolute atomic E-state index is 0.136. The molecule has 0 bridgehead atoms. The Bertz CT molecular complexity index is 834. The van der Waals surface area contributed by atoms with Crippen molar-refractivity contribution in [3.63, 3.8) is 0 Å². The molecule has 0 unspecified atom stereocenters. The molecule has 0 fully saturated rings. The number of hydrogen-bond donors (Lipinski definition) is 1. The Morgan fingerprint density at radius 2 is 1.88 bits per heavy atom. The lowest BCUT2D eigenvalue weighted by Crippen LogP contribution is -2.23. The highest BCUT2D eigenvalue weighted by atomic mass is 16.7. The highest BCUT2D eigenvalue weighted by molar-refractivity contribution is 5.93. The second-order valence-electron chi connectivity index (χ2n) is 5.22. The number of fused-ring (bicyclic) bond motifs is 1. The monoisotopic (exact) mass is 357 g/mol. The van der Waals surface area contributed by atoms with Gasteiger partial charge in [-0.2, -0.15) is 0 Å². The van der Waals surface area contributed by atoms with Crippen molar-refractivity contribution < 1.29 is 33.3 Å². The van der Waals surface area contributed by atoms with Crippen molar-refractivity contribution in [1.29, 1.82) is 0 Å². The molecule has 0 spiro atoms. The minimum atomic E-state index is -0.730. The van der Waals surface area contributed by atoms with Gasteiger partial charge < -0.3 is 24.3 Å². The molecule has 0 aliphatic carbocycles. The van der Waals surface area contributed by atoms with Gasteiger partial charge in [0.15, 0.2) is 31.0 Å². The van der Waals surface area contributed by atoms with Gasteiger partial charge in [0.25, 0.3) is 5.91 Å². The molecule has 0 atom stereocenters. The van der Waals surface area contributed by atoms with E-state index < -0.39 is 25.1 Å². The zero-order valence-electron chi connectivity index (χ0n) is 13.6. The third-order valence-electron chi connectivity index (χ3n) is 3.41. The number of carbonyl (C=O) groups excluding carboxylic acids is 3. The SMILES string of the molecule is O=Cc1ccccc1OCC(=O)OCC(=O)Nc1ccc2c(c1)OCO2. The molecule has 0 saturated heterocycles. The zero-order chi connectivity index (χ0) is 18.4. The lowest BCUT2D eigenvalue weighted by Gasteiger charge is -2.09. The number of anilines is 1. The van der Waals surface area contributed by atoms with Gasteiger partial charge >= 0.3 is 5.97 Å². The molecular weight excluding hydrogens is 342 g/mol. The molecule has 3 rings (SSSR count). The van der Waals surface area contributed by atoms with Crippen LogP contribution in [-0.4, -0.2) is 38.2 Å². The van der Waals surface area contributed by atoms with Crippen LogP contribution < -0.4 is 19.5 Å². The predicted molar refractivity (Wildman–Crippen MR) is 89.5 cm³/mol. The molecule has 0 aromatic heterocycles.